The molecule has 0 spiro atoms. The highest BCUT2D eigenvalue weighted by molar-refractivity contribution is 5.80. The van der Waals surface area contributed by atoms with Gasteiger partial charge in [-0.15, -0.1) is 0 Å². The predicted octanol–water partition coefficient (Wildman–Crippen LogP) is 1.10. The largest absolute Gasteiger partial charge is 0.469 e. The Kier molecular flexibility index (Phi) is 8.24. The molecule has 0 amide bonds. The Hall–Kier alpha value is -2.09. The Morgan fingerprint density at radius 3 is 2.80 bits per heavy atom. The number of unbranched alkanes of at least 4 members (excludes halogenated alkanes) is 1. The maximum absolute atomic E-state index is 11.1. The normalized spacial score (nSPS) is 16.1. The lowest BCUT2D eigenvalue weighted by atomic mass is 10.2. The van der Waals surface area contributed by atoms with E-state index in [0.29, 0.717) is 6.42 Å². The molecule has 140 valence electrons. The highest BCUT2D eigenvalue weighted by Crippen LogP contribution is 2.07. The number of carbonyl (C=O) groups excluding carboxylic acids is 1. The Morgan fingerprint density at radius 2 is 2.16 bits per heavy atom. The molecule has 0 radical (unpaired) electrons. The van der Waals surface area contributed by atoms with Gasteiger partial charge >= 0.3 is 5.97 Å². The summed E-state index contributed by atoms with van der Waals surface area (Å²) < 4.78 is 9.54. The minimum Gasteiger partial charge on any atom is -0.469 e. The first kappa shape index (κ1) is 19.2. The SMILES string of the molecule is CCNC(=NCCCCC(=O)OC)N1CCN(Cc2ccon2)CC1. The quantitative estimate of drug-likeness (QED) is 0.325. The molecule has 8 heteroatoms. The highest BCUT2D eigenvalue weighted by Gasteiger charge is 2.20. The molecule has 1 aromatic heterocycles. The second-order valence-electron chi connectivity index (χ2n) is 6.02. The molecule has 2 heterocycles. The van der Waals surface area contributed by atoms with Crippen molar-refractivity contribution in [2.75, 3.05) is 46.4 Å². The fourth-order valence-electron chi connectivity index (χ4n) is 2.76. The van der Waals surface area contributed by atoms with Crippen LogP contribution in [0.4, 0.5) is 0 Å². The zero-order valence-corrected chi connectivity index (χ0v) is 15.2. The van der Waals surface area contributed by atoms with Gasteiger partial charge in [0.2, 0.25) is 0 Å². The molecular formula is C17H29N5O3. The Morgan fingerprint density at radius 1 is 1.36 bits per heavy atom. The van der Waals surface area contributed by atoms with Crippen LogP contribution in [0, 0.1) is 0 Å². The first-order valence-corrected chi connectivity index (χ1v) is 8.94. The van der Waals surface area contributed by atoms with Crippen molar-refractivity contribution in [3.05, 3.63) is 18.0 Å². The number of aliphatic imine (C=N–C) groups is 1. The first-order chi connectivity index (χ1) is 12.2. The average molecular weight is 351 g/mol. The Labute approximate surface area is 149 Å². The Balaban J connectivity index is 1.74. The fourth-order valence-corrected chi connectivity index (χ4v) is 2.76. The minimum absolute atomic E-state index is 0.154. The predicted molar refractivity (Wildman–Crippen MR) is 95.2 cm³/mol. The summed E-state index contributed by atoms with van der Waals surface area (Å²) in [6, 6.07) is 1.91. The van der Waals surface area contributed by atoms with Gasteiger partial charge in [0, 0.05) is 58.3 Å². The molecule has 0 atom stereocenters. The van der Waals surface area contributed by atoms with Gasteiger partial charge in [-0.3, -0.25) is 14.7 Å². The molecule has 1 aliphatic rings. The molecule has 0 bridgehead atoms. The van der Waals surface area contributed by atoms with Crippen molar-refractivity contribution in [3.8, 4) is 0 Å². The van der Waals surface area contributed by atoms with Crippen LogP contribution in [-0.2, 0) is 16.1 Å². The zero-order chi connectivity index (χ0) is 17.9. The molecule has 0 unspecified atom stereocenters. The standard InChI is InChI=1S/C17H29N5O3/c1-3-18-17(19-8-5-4-6-16(23)24-2)22-11-9-21(10-12-22)14-15-7-13-25-20-15/h7,13H,3-6,8-12,14H2,1-2H3,(H,18,19). The number of esters is 1. The van der Waals surface area contributed by atoms with Crippen molar-refractivity contribution in [2.45, 2.75) is 32.7 Å². The summed E-state index contributed by atoms with van der Waals surface area (Å²) in [6.45, 7) is 8.29. The topological polar surface area (TPSA) is 83.2 Å². The highest BCUT2D eigenvalue weighted by atomic mass is 16.5. The van der Waals surface area contributed by atoms with Crippen LogP contribution in [0.25, 0.3) is 0 Å². The number of piperazine rings is 1. The van der Waals surface area contributed by atoms with Gasteiger partial charge in [0.1, 0.15) is 6.26 Å². The Bertz CT molecular complexity index is 524. The van der Waals surface area contributed by atoms with E-state index < -0.39 is 0 Å². The number of nitrogens with zero attached hydrogens (tertiary/aromatic N) is 4. The van der Waals surface area contributed by atoms with Crippen molar-refractivity contribution in [2.24, 2.45) is 4.99 Å². The number of nitrogens with one attached hydrogen (secondary N) is 1. The van der Waals surface area contributed by atoms with Crippen LogP contribution >= 0.6 is 0 Å². The summed E-state index contributed by atoms with van der Waals surface area (Å²) >= 11 is 0. The van der Waals surface area contributed by atoms with Crippen LogP contribution in [-0.4, -0.2) is 73.3 Å². The molecule has 0 aromatic carbocycles. The van der Waals surface area contributed by atoms with Crippen molar-refractivity contribution < 1.29 is 14.1 Å². The van der Waals surface area contributed by atoms with Crippen LogP contribution in [0.15, 0.2) is 21.8 Å². The molecule has 2 rings (SSSR count). The van der Waals surface area contributed by atoms with E-state index >= 15 is 0 Å². The van der Waals surface area contributed by atoms with Crippen molar-refractivity contribution in [3.63, 3.8) is 0 Å². The molecule has 1 saturated heterocycles. The maximum Gasteiger partial charge on any atom is 0.305 e. The number of aromatic nitrogens is 1. The second-order valence-corrected chi connectivity index (χ2v) is 6.02. The number of hydrogen-bond acceptors (Lipinski definition) is 6. The third kappa shape index (κ3) is 6.74. The van der Waals surface area contributed by atoms with Crippen molar-refractivity contribution in [1.82, 2.24) is 20.3 Å². The monoisotopic (exact) mass is 351 g/mol. The summed E-state index contributed by atoms with van der Waals surface area (Å²) in [4.78, 5) is 20.5. The van der Waals surface area contributed by atoms with Crippen LogP contribution in [0.3, 0.4) is 0 Å². The molecular weight excluding hydrogens is 322 g/mol. The molecule has 1 aromatic rings. The van der Waals surface area contributed by atoms with E-state index in [4.69, 9.17) is 9.52 Å². The van der Waals surface area contributed by atoms with Crippen LogP contribution < -0.4 is 5.32 Å². The number of methoxy groups -OCH3 is 1. The van der Waals surface area contributed by atoms with Crippen molar-refractivity contribution in [1.29, 1.82) is 0 Å². The van der Waals surface area contributed by atoms with Gasteiger partial charge in [-0.2, -0.15) is 0 Å². The molecule has 8 nitrogen and oxygen atoms in total. The number of hydrogen-bond donors (Lipinski definition) is 1. The van der Waals surface area contributed by atoms with E-state index in [1.165, 1.54) is 7.11 Å². The number of carbonyl (C=O) groups is 1. The van der Waals surface area contributed by atoms with Gasteiger partial charge in [-0.25, -0.2) is 0 Å². The van der Waals surface area contributed by atoms with E-state index in [-0.39, 0.29) is 5.97 Å². The average Bonchev–Trinajstić information content (AvgIpc) is 3.14. The molecule has 25 heavy (non-hydrogen) atoms. The summed E-state index contributed by atoms with van der Waals surface area (Å²) in [5.41, 5.74) is 0.972. The van der Waals surface area contributed by atoms with Crippen LogP contribution in [0.5, 0.6) is 0 Å². The fraction of sp³-hybridized carbons (Fsp3) is 0.706. The number of guanidine groups is 1. The molecule has 1 aliphatic heterocycles. The second kappa shape index (κ2) is 10.7. The van der Waals surface area contributed by atoms with Crippen LogP contribution in [0.2, 0.25) is 0 Å². The lowest BCUT2D eigenvalue weighted by Crippen LogP contribution is -2.52. The third-order valence-electron chi connectivity index (χ3n) is 4.16. The maximum atomic E-state index is 11.1. The summed E-state index contributed by atoms with van der Waals surface area (Å²) in [6.07, 6.45) is 3.77. The summed E-state index contributed by atoms with van der Waals surface area (Å²) in [5.74, 6) is 0.806. The molecule has 1 fully saturated rings. The minimum atomic E-state index is -0.154. The van der Waals surface area contributed by atoms with Gasteiger partial charge in [-0.05, 0) is 19.8 Å². The van der Waals surface area contributed by atoms with E-state index in [2.05, 4.69) is 31.9 Å². The van der Waals surface area contributed by atoms with Gasteiger partial charge in [0.25, 0.3) is 0 Å². The van der Waals surface area contributed by atoms with E-state index in [1.54, 1.807) is 6.26 Å². The van der Waals surface area contributed by atoms with E-state index in [0.717, 1.165) is 70.3 Å². The lowest BCUT2D eigenvalue weighted by molar-refractivity contribution is -0.140. The zero-order valence-electron chi connectivity index (χ0n) is 15.2. The number of rotatable bonds is 8. The van der Waals surface area contributed by atoms with Crippen LogP contribution in [0.1, 0.15) is 31.9 Å². The van der Waals surface area contributed by atoms with E-state index in [1.807, 2.05) is 6.07 Å². The van der Waals surface area contributed by atoms with Crippen molar-refractivity contribution >= 4 is 11.9 Å². The molecule has 1 N–H and O–H groups in total. The molecule has 0 aliphatic carbocycles. The van der Waals surface area contributed by atoms with Gasteiger partial charge < -0.3 is 19.5 Å². The van der Waals surface area contributed by atoms with Gasteiger partial charge in [0.05, 0.1) is 12.8 Å². The van der Waals surface area contributed by atoms with Gasteiger partial charge in [0.15, 0.2) is 5.96 Å². The third-order valence-corrected chi connectivity index (χ3v) is 4.16. The lowest BCUT2D eigenvalue weighted by Gasteiger charge is -2.36. The first-order valence-electron chi connectivity index (χ1n) is 8.94. The smallest absolute Gasteiger partial charge is 0.305 e. The summed E-state index contributed by atoms with van der Waals surface area (Å²) in [5, 5.41) is 7.33. The van der Waals surface area contributed by atoms with E-state index in [9.17, 15) is 4.79 Å². The summed E-state index contributed by atoms with van der Waals surface area (Å²) in [7, 11) is 1.42. The van der Waals surface area contributed by atoms with Gasteiger partial charge in [-0.1, -0.05) is 5.16 Å². The molecule has 0 saturated carbocycles. The number of ether oxygens (including phenoxy) is 1.